The third-order valence-corrected chi connectivity index (χ3v) is 1.59. The summed E-state index contributed by atoms with van der Waals surface area (Å²) < 4.78 is 10.3. The van der Waals surface area contributed by atoms with E-state index in [4.69, 9.17) is 9.47 Å². The SMILES string of the molecule is CCC[C@@H]1OC(C)(C)OC1=O. The lowest BCUT2D eigenvalue weighted by molar-refractivity contribution is -0.160. The predicted molar refractivity (Wildman–Crippen MR) is 40.0 cm³/mol. The van der Waals surface area contributed by atoms with E-state index in [1.807, 2.05) is 6.92 Å². The first kappa shape index (κ1) is 8.53. The third-order valence-electron chi connectivity index (χ3n) is 1.59. The molecule has 3 heteroatoms. The van der Waals surface area contributed by atoms with Gasteiger partial charge in [-0.3, -0.25) is 0 Å². The summed E-state index contributed by atoms with van der Waals surface area (Å²) >= 11 is 0. The van der Waals surface area contributed by atoms with Crippen LogP contribution in [0.3, 0.4) is 0 Å². The summed E-state index contributed by atoms with van der Waals surface area (Å²) in [5, 5.41) is 0. The first-order valence-electron chi connectivity index (χ1n) is 3.96. The quantitative estimate of drug-likeness (QED) is 0.571. The fourth-order valence-corrected chi connectivity index (χ4v) is 1.16. The van der Waals surface area contributed by atoms with Crippen LogP contribution in [-0.2, 0) is 14.3 Å². The molecule has 0 N–H and O–H groups in total. The van der Waals surface area contributed by atoms with E-state index in [0.717, 1.165) is 12.8 Å². The molecule has 1 aliphatic rings. The van der Waals surface area contributed by atoms with Gasteiger partial charge in [-0.15, -0.1) is 0 Å². The minimum Gasteiger partial charge on any atom is -0.432 e. The molecule has 0 aromatic rings. The summed E-state index contributed by atoms with van der Waals surface area (Å²) in [4.78, 5) is 11.0. The zero-order valence-electron chi connectivity index (χ0n) is 7.22. The molecule has 0 saturated carbocycles. The van der Waals surface area contributed by atoms with Gasteiger partial charge in [-0.1, -0.05) is 13.3 Å². The molecule has 1 rings (SSSR count). The van der Waals surface area contributed by atoms with Crippen molar-refractivity contribution in [1.29, 1.82) is 0 Å². The molecule has 1 atom stereocenters. The average molecular weight is 158 g/mol. The normalized spacial score (nSPS) is 28.6. The molecule has 0 amide bonds. The highest BCUT2D eigenvalue weighted by Crippen LogP contribution is 2.25. The van der Waals surface area contributed by atoms with Gasteiger partial charge in [0.1, 0.15) is 0 Å². The maximum Gasteiger partial charge on any atom is 0.337 e. The summed E-state index contributed by atoms with van der Waals surface area (Å²) in [5.41, 5.74) is 0. The Morgan fingerprint density at radius 1 is 1.55 bits per heavy atom. The van der Waals surface area contributed by atoms with Gasteiger partial charge in [-0.25, -0.2) is 4.79 Å². The monoisotopic (exact) mass is 158 g/mol. The van der Waals surface area contributed by atoms with E-state index in [1.165, 1.54) is 0 Å². The lowest BCUT2D eigenvalue weighted by Crippen LogP contribution is -2.21. The molecule has 0 radical (unpaired) electrons. The molecule has 0 aliphatic carbocycles. The molecule has 1 aliphatic heterocycles. The zero-order chi connectivity index (χ0) is 8.48. The Morgan fingerprint density at radius 3 is 2.55 bits per heavy atom. The third kappa shape index (κ3) is 1.93. The van der Waals surface area contributed by atoms with Crippen molar-refractivity contribution in [3.05, 3.63) is 0 Å². The average Bonchev–Trinajstić information content (AvgIpc) is 2.07. The maximum atomic E-state index is 11.0. The van der Waals surface area contributed by atoms with Crippen molar-refractivity contribution in [2.75, 3.05) is 0 Å². The summed E-state index contributed by atoms with van der Waals surface area (Å²) in [6.45, 7) is 5.52. The molecule has 64 valence electrons. The summed E-state index contributed by atoms with van der Waals surface area (Å²) in [5.74, 6) is -0.937. The molecule has 0 aromatic carbocycles. The summed E-state index contributed by atoms with van der Waals surface area (Å²) in [6, 6.07) is 0. The second-order valence-corrected chi connectivity index (χ2v) is 3.22. The number of carbonyl (C=O) groups is 1. The van der Waals surface area contributed by atoms with Crippen LogP contribution in [-0.4, -0.2) is 17.9 Å². The van der Waals surface area contributed by atoms with Crippen LogP contribution in [0, 0.1) is 0 Å². The topological polar surface area (TPSA) is 35.5 Å². The van der Waals surface area contributed by atoms with Crippen LogP contribution in [0.1, 0.15) is 33.6 Å². The maximum absolute atomic E-state index is 11.0. The van der Waals surface area contributed by atoms with Crippen molar-refractivity contribution >= 4 is 5.97 Å². The van der Waals surface area contributed by atoms with E-state index in [1.54, 1.807) is 13.8 Å². The number of esters is 1. The van der Waals surface area contributed by atoms with Crippen LogP contribution in [0.25, 0.3) is 0 Å². The van der Waals surface area contributed by atoms with Crippen molar-refractivity contribution in [2.45, 2.75) is 45.5 Å². The van der Waals surface area contributed by atoms with E-state index < -0.39 is 5.79 Å². The van der Waals surface area contributed by atoms with Crippen LogP contribution < -0.4 is 0 Å². The Bertz CT molecular complexity index is 163. The fraction of sp³-hybridized carbons (Fsp3) is 0.875. The molecule has 0 aromatic heterocycles. The Hall–Kier alpha value is -0.570. The van der Waals surface area contributed by atoms with Crippen molar-refractivity contribution in [1.82, 2.24) is 0 Å². The van der Waals surface area contributed by atoms with E-state index in [-0.39, 0.29) is 12.1 Å². The van der Waals surface area contributed by atoms with Crippen LogP contribution in [0.5, 0.6) is 0 Å². The van der Waals surface area contributed by atoms with Crippen molar-refractivity contribution in [3.8, 4) is 0 Å². The van der Waals surface area contributed by atoms with Crippen LogP contribution >= 0.6 is 0 Å². The highest BCUT2D eigenvalue weighted by Gasteiger charge is 2.39. The highest BCUT2D eigenvalue weighted by molar-refractivity contribution is 5.76. The fourth-order valence-electron chi connectivity index (χ4n) is 1.16. The standard InChI is InChI=1S/C8H14O3/c1-4-5-6-7(9)11-8(2,3)10-6/h6H,4-5H2,1-3H3/t6-/m0/s1. The van der Waals surface area contributed by atoms with Gasteiger partial charge in [-0.05, 0) is 6.42 Å². The number of hydrogen-bond acceptors (Lipinski definition) is 3. The number of cyclic esters (lactones) is 1. The van der Waals surface area contributed by atoms with Gasteiger partial charge in [0.2, 0.25) is 5.79 Å². The second-order valence-electron chi connectivity index (χ2n) is 3.22. The van der Waals surface area contributed by atoms with Gasteiger partial charge < -0.3 is 9.47 Å². The molecular weight excluding hydrogens is 144 g/mol. The number of hydrogen-bond donors (Lipinski definition) is 0. The molecule has 1 heterocycles. The van der Waals surface area contributed by atoms with Gasteiger partial charge in [-0.2, -0.15) is 0 Å². The van der Waals surface area contributed by atoms with Crippen molar-refractivity contribution in [2.24, 2.45) is 0 Å². The lowest BCUT2D eigenvalue weighted by atomic mass is 10.2. The van der Waals surface area contributed by atoms with Gasteiger partial charge in [0, 0.05) is 13.8 Å². The first-order valence-corrected chi connectivity index (χ1v) is 3.96. The van der Waals surface area contributed by atoms with Gasteiger partial charge in [0.15, 0.2) is 6.10 Å². The van der Waals surface area contributed by atoms with Crippen LogP contribution in [0.15, 0.2) is 0 Å². The Kier molecular flexibility index (Phi) is 2.18. The number of rotatable bonds is 2. The largest absolute Gasteiger partial charge is 0.432 e. The van der Waals surface area contributed by atoms with Crippen LogP contribution in [0.4, 0.5) is 0 Å². The number of ether oxygens (including phenoxy) is 2. The van der Waals surface area contributed by atoms with Crippen LogP contribution in [0.2, 0.25) is 0 Å². The molecule has 0 unspecified atom stereocenters. The Morgan fingerprint density at radius 2 is 2.18 bits per heavy atom. The molecule has 11 heavy (non-hydrogen) atoms. The molecule has 3 nitrogen and oxygen atoms in total. The summed E-state index contributed by atoms with van der Waals surface area (Å²) in [7, 11) is 0. The van der Waals surface area contributed by atoms with Crippen molar-refractivity contribution in [3.63, 3.8) is 0 Å². The molecule has 0 bridgehead atoms. The van der Waals surface area contributed by atoms with Crippen molar-refractivity contribution < 1.29 is 14.3 Å². The molecule has 1 saturated heterocycles. The molecule has 0 spiro atoms. The minimum atomic E-state index is -0.711. The Balaban J connectivity index is 2.52. The van der Waals surface area contributed by atoms with E-state index in [9.17, 15) is 4.79 Å². The van der Waals surface area contributed by atoms with E-state index in [0.29, 0.717) is 0 Å². The zero-order valence-corrected chi connectivity index (χ0v) is 7.22. The lowest BCUT2D eigenvalue weighted by Gasteiger charge is -2.14. The van der Waals surface area contributed by atoms with E-state index in [2.05, 4.69) is 0 Å². The summed E-state index contributed by atoms with van der Waals surface area (Å²) in [6.07, 6.45) is 1.35. The molecular formula is C8H14O3. The van der Waals surface area contributed by atoms with Gasteiger partial charge in [0.25, 0.3) is 0 Å². The first-order chi connectivity index (χ1) is 5.05. The smallest absolute Gasteiger partial charge is 0.337 e. The minimum absolute atomic E-state index is 0.225. The van der Waals surface area contributed by atoms with E-state index >= 15 is 0 Å². The molecule has 1 fully saturated rings. The number of carbonyl (C=O) groups excluding carboxylic acids is 1. The predicted octanol–water partition coefficient (Wildman–Crippen LogP) is 1.46. The second kappa shape index (κ2) is 2.81. The van der Waals surface area contributed by atoms with Gasteiger partial charge >= 0.3 is 5.97 Å². The van der Waals surface area contributed by atoms with Gasteiger partial charge in [0.05, 0.1) is 0 Å². The Labute approximate surface area is 66.7 Å². The highest BCUT2D eigenvalue weighted by atomic mass is 16.8.